The number of methoxy groups -OCH3 is 1. The Kier molecular flexibility index (Phi) is 4.49. The van der Waals surface area contributed by atoms with Crippen molar-refractivity contribution in [2.45, 2.75) is 37.3 Å². The Balaban J connectivity index is 2.24. The van der Waals surface area contributed by atoms with Crippen molar-refractivity contribution in [1.29, 1.82) is 0 Å². The van der Waals surface area contributed by atoms with Gasteiger partial charge >= 0.3 is 0 Å². The molecule has 4 heteroatoms. The van der Waals surface area contributed by atoms with Gasteiger partial charge in [-0.25, -0.2) is 0 Å². The van der Waals surface area contributed by atoms with Crippen LogP contribution in [0.2, 0.25) is 5.02 Å². The molecule has 0 aromatic heterocycles. The number of anilines is 1. The van der Waals surface area contributed by atoms with Gasteiger partial charge in [0.25, 0.3) is 0 Å². The quantitative estimate of drug-likeness (QED) is 0.882. The predicted octanol–water partition coefficient (Wildman–Crippen LogP) is 3.04. The summed E-state index contributed by atoms with van der Waals surface area (Å²) >= 11 is 6.21. The summed E-state index contributed by atoms with van der Waals surface area (Å²) < 4.78 is 5.62. The Morgan fingerprint density at radius 1 is 1.44 bits per heavy atom. The Bertz CT molecular complexity index is 399. The van der Waals surface area contributed by atoms with Gasteiger partial charge in [0.15, 0.2) is 0 Å². The zero-order valence-electron chi connectivity index (χ0n) is 10.8. The summed E-state index contributed by atoms with van der Waals surface area (Å²) in [6.45, 7) is 0.552. The van der Waals surface area contributed by atoms with Gasteiger partial charge in [-0.1, -0.05) is 36.6 Å². The van der Waals surface area contributed by atoms with Crippen LogP contribution in [0.5, 0.6) is 0 Å². The van der Waals surface area contributed by atoms with Gasteiger partial charge in [0.2, 0.25) is 0 Å². The van der Waals surface area contributed by atoms with E-state index in [1.54, 1.807) is 7.11 Å². The molecule has 0 bridgehead atoms. The molecule has 2 unspecified atom stereocenters. The normalized spacial score (nSPS) is 28.1. The van der Waals surface area contributed by atoms with Crippen molar-refractivity contribution in [3.63, 3.8) is 0 Å². The Labute approximate surface area is 114 Å². The van der Waals surface area contributed by atoms with Crippen LogP contribution in [0.25, 0.3) is 0 Å². The minimum absolute atomic E-state index is 0.146. The van der Waals surface area contributed by atoms with Crippen molar-refractivity contribution in [1.82, 2.24) is 0 Å². The van der Waals surface area contributed by atoms with Crippen LogP contribution in [-0.4, -0.2) is 25.3 Å². The highest BCUT2D eigenvalue weighted by Crippen LogP contribution is 2.35. The van der Waals surface area contributed by atoms with E-state index in [2.05, 4.69) is 5.32 Å². The van der Waals surface area contributed by atoms with E-state index in [0.717, 1.165) is 23.6 Å². The molecule has 0 heterocycles. The molecule has 1 aliphatic carbocycles. The van der Waals surface area contributed by atoms with Gasteiger partial charge < -0.3 is 15.8 Å². The van der Waals surface area contributed by atoms with Crippen LogP contribution in [0.15, 0.2) is 24.3 Å². The summed E-state index contributed by atoms with van der Waals surface area (Å²) in [5.41, 5.74) is 6.76. The Hall–Kier alpha value is -0.770. The van der Waals surface area contributed by atoms with Crippen LogP contribution < -0.4 is 11.1 Å². The minimum atomic E-state index is -0.196. The zero-order chi connectivity index (χ0) is 13.0. The average molecular weight is 269 g/mol. The first kappa shape index (κ1) is 13.7. The molecule has 100 valence electrons. The summed E-state index contributed by atoms with van der Waals surface area (Å²) in [6, 6.07) is 7.78. The van der Waals surface area contributed by atoms with E-state index in [1.807, 2.05) is 24.3 Å². The smallest absolute Gasteiger partial charge is 0.0813 e. The molecule has 2 rings (SSSR count). The van der Waals surface area contributed by atoms with Gasteiger partial charge in [-0.05, 0) is 25.0 Å². The van der Waals surface area contributed by atoms with Gasteiger partial charge in [0.1, 0.15) is 0 Å². The summed E-state index contributed by atoms with van der Waals surface area (Å²) in [5, 5.41) is 4.26. The fraction of sp³-hybridized carbons (Fsp3) is 0.571. The molecule has 0 aliphatic heterocycles. The fourth-order valence-corrected chi connectivity index (χ4v) is 2.99. The second-order valence-electron chi connectivity index (χ2n) is 4.94. The number of hydrogen-bond acceptors (Lipinski definition) is 3. The molecule has 3 N–H and O–H groups in total. The van der Waals surface area contributed by atoms with E-state index in [9.17, 15) is 0 Å². The summed E-state index contributed by atoms with van der Waals surface area (Å²) in [5.74, 6) is 0. The van der Waals surface area contributed by atoms with Crippen LogP contribution in [0.3, 0.4) is 0 Å². The van der Waals surface area contributed by atoms with Gasteiger partial charge in [-0.3, -0.25) is 0 Å². The number of hydrogen-bond donors (Lipinski definition) is 2. The highest BCUT2D eigenvalue weighted by molar-refractivity contribution is 6.33. The average Bonchev–Trinajstić information content (AvgIpc) is 2.42. The predicted molar refractivity (Wildman–Crippen MR) is 76.1 cm³/mol. The maximum absolute atomic E-state index is 6.21. The fourth-order valence-electron chi connectivity index (χ4n) is 2.81. The number of nitrogens with two attached hydrogens (primary N) is 1. The van der Waals surface area contributed by atoms with Crippen molar-refractivity contribution < 1.29 is 4.74 Å². The second-order valence-corrected chi connectivity index (χ2v) is 5.34. The number of ether oxygens (including phenoxy) is 1. The lowest BCUT2D eigenvalue weighted by Crippen LogP contribution is -2.57. The largest absolute Gasteiger partial charge is 0.379 e. The SMILES string of the molecule is COC1CCCCC1(CN)Nc1ccccc1Cl. The number of benzene rings is 1. The summed E-state index contributed by atoms with van der Waals surface area (Å²) in [7, 11) is 1.76. The molecule has 1 aromatic rings. The van der Waals surface area contributed by atoms with Crippen molar-refractivity contribution in [2.24, 2.45) is 5.73 Å². The van der Waals surface area contributed by atoms with E-state index in [1.165, 1.54) is 12.8 Å². The molecular formula is C14H21ClN2O. The minimum Gasteiger partial charge on any atom is -0.379 e. The van der Waals surface area contributed by atoms with E-state index >= 15 is 0 Å². The maximum atomic E-state index is 6.21. The molecule has 1 fully saturated rings. The van der Waals surface area contributed by atoms with Gasteiger partial charge in [-0.15, -0.1) is 0 Å². The van der Waals surface area contributed by atoms with Crippen LogP contribution in [0.1, 0.15) is 25.7 Å². The maximum Gasteiger partial charge on any atom is 0.0813 e. The molecule has 1 saturated carbocycles. The lowest BCUT2D eigenvalue weighted by atomic mass is 9.78. The monoisotopic (exact) mass is 268 g/mol. The third kappa shape index (κ3) is 2.63. The molecule has 18 heavy (non-hydrogen) atoms. The topological polar surface area (TPSA) is 47.3 Å². The first-order valence-electron chi connectivity index (χ1n) is 6.47. The second kappa shape index (κ2) is 5.91. The first-order chi connectivity index (χ1) is 8.72. The highest BCUT2D eigenvalue weighted by atomic mass is 35.5. The van der Waals surface area contributed by atoms with Gasteiger partial charge in [0.05, 0.1) is 22.4 Å². The van der Waals surface area contributed by atoms with E-state index < -0.39 is 0 Å². The standard InChI is InChI=1S/C14H21ClN2O/c1-18-13-8-4-5-9-14(13,10-16)17-12-7-3-2-6-11(12)15/h2-3,6-7,13,17H,4-5,8-10,16H2,1H3. The highest BCUT2D eigenvalue weighted by Gasteiger charge is 2.40. The summed E-state index contributed by atoms with van der Waals surface area (Å²) in [4.78, 5) is 0. The summed E-state index contributed by atoms with van der Waals surface area (Å²) in [6.07, 6.45) is 4.59. The number of halogens is 1. The van der Waals surface area contributed by atoms with Crippen molar-refractivity contribution in [2.75, 3.05) is 19.0 Å². The molecular weight excluding hydrogens is 248 g/mol. The van der Waals surface area contributed by atoms with E-state index in [4.69, 9.17) is 22.1 Å². The number of rotatable bonds is 4. The van der Waals surface area contributed by atoms with Gasteiger partial charge in [0, 0.05) is 13.7 Å². The molecule has 3 nitrogen and oxygen atoms in total. The van der Waals surface area contributed by atoms with Crippen LogP contribution in [0.4, 0.5) is 5.69 Å². The molecule has 0 spiro atoms. The number of nitrogens with one attached hydrogen (secondary N) is 1. The number of para-hydroxylation sites is 1. The van der Waals surface area contributed by atoms with Crippen molar-refractivity contribution in [3.8, 4) is 0 Å². The zero-order valence-corrected chi connectivity index (χ0v) is 11.5. The molecule has 0 radical (unpaired) electrons. The van der Waals surface area contributed by atoms with Gasteiger partial charge in [-0.2, -0.15) is 0 Å². The Morgan fingerprint density at radius 3 is 2.89 bits per heavy atom. The lowest BCUT2D eigenvalue weighted by molar-refractivity contribution is 0.0191. The third-order valence-electron chi connectivity index (χ3n) is 3.86. The first-order valence-corrected chi connectivity index (χ1v) is 6.85. The Morgan fingerprint density at radius 2 is 2.22 bits per heavy atom. The molecule has 2 atom stereocenters. The van der Waals surface area contributed by atoms with Crippen LogP contribution in [-0.2, 0) is 4.74 Å². The molecule has 0 saturated heterocycles. The van der Waals surface area contributed by atoms with Crippen LogP contribution >= 0.6 is 11.6 Å². The molecule has 1 aliphatic rings. The third-order valence-corrected chi connectivity index (χ3v) is 4.19. The lowest BCUT2D eigenvalue weighted by Gasteiger charge is -2.44. The van der Waals surface area contributed by atoms with E-state index in [0.29, 0.717) is 6.54 Å². The molecule has 1 aromatic carbocycles. The van der Waals surface area contributed by atoms with Crippen LogP contribution in [0, 0.1) is 0 Å². The molecule has 0 amide bonds. The van der Waals surface area contributed by atoms with Crippen molar-refractivity contribution >= 4 is 17.3 Å². The van der Waals surface area contributed by atoms with E-state index in [-0.39, 0.29) is 11.6 Å². The van der Waals surface area contributed by atoms with Crippen molar-refractivity contribution in [3.05, 3.63) is 29.3 Å².